The minimum absolute atomic E-state index is 0.0518. The van der Waals surface area contributed by atoms with Crippen LogP contribution in [0, 0.1) is 13.8 Å². The largest absolute Gasteiger partial charge is 0.306 e. The third-order valence-corrected chi connectivity index (χ3v) is 6.51. The Kier molecular flexibility index (Phi) is 5.96. The minimum Gasteiger partial charge on any atom is -0.306 e. The molecule has 5 rings (SSSR count). The molecule has 0 saturated carbocycles. The van der Waals surface area contributed by atoms with Gasteiger partial charge in [-0.2, -0.15) is 5.01 Å². The lowest BCUT2D eigenvalue weighted by atomic mass is 10.1. The molecule has 0 fully saturated rings. The van der Waals surface area contributed by atoms with Crippen LogP contribution in [0.4, 0.5) is 5.69 Å². The van der Waals surface area contributed by atoms with Crippen molar-refractivity contribution in [2.24, 2.45) is 5.10 Å². The van der Waals surface area contributed by atoms with Gasteiger partial charge < -0.3 is 5.32 Å². The number of amidine groups is 1. The molecule has 8 nitrogen and oxygen atoms in total. The summed E-state index contributed by atoms with van der Waals surface area (Å²) in [5.41, 5.74) is 3.80. The van der Waals surface area contributed by atoms with Crippen molar-refractivity contribution < 1.29 is 9.59 Å². The van der Waals surface area contributed by atoms with Gasteiger partial charge in [0.25, 0.3) is 11.8 Å². The van der Waals surface area contributed by atoms with Crippen molar-refractivity contribution in [2.75, 3.05) is 5.01 Å². The van der Waals surface area contributed by atoms with Crippen LogP contribution in [-0.4, -0.2) is 32.6 Å². The zero-order chi connectivity index (χ0) is 24.9. The molecule has 1 aromatic heterocycles. The molecular weight excluding hydrogens is 511 g/mol. The number of hydrogen-bond donors (Lipinski definition) is 1. The van der Waals surface area contributed by atoms with Gasteiger partial charge in [-0.1, -0.05) is 58.2 Å². The molecule has 35 heavy (non-hydrogen) atoms. The molecule has 11 heteroatoms. The molecule has 0 bridgehead atoms. The molecule has 0 aliphatic carbocycles. The van der Waals surface area contributed by atoms with E-state index in [1.807, 2.05) is 26.0 Å². The number of hydrogen-bond acceptors (Lipinski definition) is 5. The fourth-order valence-corrected chi connectivity index (χ4v) is 4.80. The van der Waals surface area contributed by atoms with E-state index in [9.17, 15) is 9.59 Å². The van der Waals surface area contributed by atoms with Crippen LogP contribution in [0.5, 0.6) is 0 Å². The molecule has 176 valence electrons. The van der Waals surface area contributed by atoms with Gasteiger partial charge >= 0.3 is 0 Å². The summed E-state index contributed by atoms with van der Waals surface area (Å²) in [6, 6.07) is 14.2. The molecule has 1 unspecified atom stereocenters. The summed E-state index contributed by atoms with van der Waals surface area (Å²) in [4.78, 5) is 26.7. The van der Waals surface area contributed by atoms with Crippen molar-refractivity contribution in [2.45, 2.75) is 19.9 Å². The molecule has 3 aromatic carbocycles. The molecular formula is C24H17Cl3N6O2. The summed E-state index contributed by atoms with van der Waals surface area (Å²) in [5, 5.41) is 17.2. The molecule has 0 saturated heterocycles. The molecule has 0 spiro atoms. The molecule has 2 amide bonds. The fraction of sp³-hybridized carbons (Fsp3) is 0.125. The first-order valence-electron chi connectivity index (χ1n) is 10.5. The Hall–Kier alpha value is -3.46. The number of hydrazone groups is 1. The van der Waals surface area contributed by atoms with Gasteiger partial charge in [-0.3, -0.25) is 9.59 Å². The third kappa shape index (κ3) is 4.14. The number of aryl methyl sites for hydroxylation is 2. The van der Waals surface area contributed by atoms with Gasteiger partial charge in [0.05, 0.1) is 15.6 Å². The van der Waals surface area contributed by atoms with Crippen molar-refractivity contribution in [1.29, 1.82) is 0 Å². The third-order valence-electron chi connectivity index (χ3n) is 5.71. The summed E-state index contributed by atoms with van der Waals surface area (Å²) < 4.78 is 1.44. The lowest BCUT2D eigenvalue weighted by Gasteiger charge is -2.17. The molecule has 2 heterocycles. The highest BCUT2D eigenvalue weighted by atomic mass is 35.5. The quantitative estimate of drug-likeness (QED) is 0.389. The first kappa shape index (κ1) is 23.3. The van der Waals surface area contributed by atoms with Crippen LogP contribution >= 0.6 is 34.8 Å². The van der Waals surface area contributed by atoms with Gasteiger partial charge in [0.15, 0.2) is 11.9 Å². The van der Waals surface area contributed by atoms with Crippen LogP contribution in [0.15, 0.2) is 59.7 Å². The number of halogens is 3. The van der Waals surface area contributed by atoms with Crippen LogP contribution < -0.4 is 10.3 Å². The van der Waals surface area contributed by atoms with Crippen LogP contribution in [0.25, 0.3) is 11.0 Å². The monoisotopic (exact) mass is 526 g/mol. The molecule has 1 aliphatic rings. The highest BCUT2D eigenvalue weighted by Gasteiger charge is 2.42. The number of amides is 2. The predicted molar refractivity (Wildman–Crippen MR) is 136 cm³/mol. The topological polar surface area (TPSA) is 92.5 Å². The van der Waals surface area contributed by atoms with Gasteiger partial charge in [-0.05, 0) is 61.4 Å². The average molecular weight is 528 g/mol. The number of rotatable bonds is 3. The highest BCUT2D eigenvalue weighted by molar-refractivity contribution is 6.43. The number of carbonyl (C=O) groups is 2. The number of fused-ring (bicyclic) bond motifs is 1. The van der Waals surface area contributed by atoms with E-state index < -0.39 is 17.9 Å². The standard InChI is InChI=1S/C24H17Cl3N6O2/c1-12-8-18-19(9-13(12)2)32(31-29-18)21-22(28-23(34)14-6-4-3-5-7-14)30-33(24(21)35)20-16(26)10-15(25)11-17(20)27/h3-11,21H,1-2H3,(H,28,30,34). The lowest BCUT2D eigenvalue weighted by molar-refractivity contribution is -0.119. The zero-order valence-corrected chi connectivity index (χ0v) is 20.7. The van der Waals surface area contributed by atoms with E-state index in [-0.39, 0.29) is 21.6 Å². The Labute approximate surface area is 215 Å². The maximum absolute atomic E-state index is 13.7. The molecule has 1 atom stereocenters. The van der Waals surface area contributed by atoms with Crippen molar-refractivity contribution in [3.63, 3.8) is 0 Å². The van der Waals surface area contributed by atoms with Gasteiger partial charge in [0.2, 0.25) is 0 Å². The van der Waals surface area contributed by atoms with E-state index in [0.717, 1.165) is 16.1 Å². The summed E-state index contributed by atoms with van der Waals surface area (Å²) in [5.74, 6) is -0.908. The normalized spacial score (nSPS) is 15.6. The van der Waals surface area contributed by atoms with E-state index in [1.54, 1.807) is 30.3 Å². The predicted octanol–water partition coefficient (Wildman–Crippen LogP) is 5.34. The average Bonchev–Trinajstić information content (AvgIpc) is 3.34. The lowest BCUT2D eigenvalue weighted by Crippen LogP contribution is -2.38. The summed E-state index contributed by atoms with van der Waals surface area (Å²) in [6.07, 6.45) is 0. The maximum atomic E-state index is 13.7. The Balaban J connectivity index is 1.64. The van der Waals surface area contributed by atoms with Crippen LogP contribution in [0.1, 0.15) is 27.5 Å². The van der Waals surface area contributed by atoms with E-state index in [1.165, 1.54) is 16.8 Å². The Morgan fingerprint density at radius 1 is 0.971 bits per heavy atom. The van der Waals surface area contributed by atoms with E-state index >= 15 is 0 Å². The van der Waals surface area contributed by atoms with Crippen molar-refractivity contribution in [1.82, 2.24) is 20.3 Å². The second-order valence-electron chi connectivity index (χ2n) is 8.04. The van der Waals surface area contributed by atoms with Crippen LogP contribution in [0.2, 0.25) is 15.1 Å². The number of aromatic nitrogens is 3. The number of anilines is 1. The first-order chi connectivity index (χ1) is 16.7. The van der Waals surface area contributed by atoms with Crippen molar-refractivity contribution in [3.05, 3.63) is 86.4 Å². The number of benzene rings is 3. The Morgan fingerprint density at radius 3 is 2.31 bits per heavy atom. The van der Waals surface area contributed by atoms with Gasteiger partial charge in [-0.25, -0.2) is 4.68 Å². The summed E-state index contributed by atoms with van der Waals surface area (Å²) >= 11 is 18.8. The van der Waals surface area contributed by atoms with Gasteiger partial charge in [-0.15, -0.1) is 10.2 Å². The Bertz CT molecular complexity index is 1510. The highest BCUT2D eigenvalue weighted by Crippen LogP contribution is 2.40. The van der Waals surface area contributed by atoms with Crippen molar-refractivity contribution in [3.8, 4) is 0 Å². The molecule has 4 aromatic rings. The van der Waals surface area contributed by atoms with Gasteiger partial charge in [0.1, 0.15) is 11.2 Å². The van der Waals surface area contributed by atoms with Gasteiger partial charge in [0, 0.05) is 10.6 Å². The van der Waals surface area contributed by atoms with E-state index in [2.05, 4.69) is 20.7 Å². The smallest absolute Gasteiger partial charge is 0.280 e. The Morgan fingerprint density at radius 2 is 1.63 bits per heavy atom. The fourth-order valence-electron chi connectivity index (χ4n) is 3.82. The first-order valence-corrected chi connectivity index (χ1v) is 11.6. The van der Waals surface area contributed by atoms with Crippen LogP contribution in [0.3, 0.4) is 0 Å². The zero-order valence-electron chi connectivity index (χ0n) is 18.5. The second-order valence-corrected chi connectivity index (χ2v) is 9.29. The summed E-state index contributed by atoms with van der Waals surface area (Å²) in [7, 11) is 0. The maximum Gasteiger partial charge on any atom is 0.280 e. The van der Waals surface area contributed by atoms with E-state index in [4.69, 9.17) is 34.8 Å². The number of nitrogens with one attached hydrogen (secondary N) is 1. The molecule has 1 aliphatic heterocycles. The van der Waals surface area contributed by atoms with Crippen LogP contribution in [-0.2, 0) is 4.79 Å². The number of nitrogens with zero attached hydrogens (tertiary/aromatic N) is 5. The minimum atomic E-state index is -1.11. The SMILES string of the molecule is Cc1cc2nnn(C3C(=O)N(c4c(Cl)cc(Cl)cc4Cl)N=C3NC(=O)c3ccccc3)c2cc1C. The molecule has 1 N–H and O–H groups in total. The summed E-state index contributed by atoms with van der Waals surface area (Å²) in [6.45, 7) is 3.92. The second kappa shape index (κ2) is 8.96. The van der Waals surface area contributed by atoms with Crippen molar-refractivity contribution >= 4 is 69.2 Å². The molecule has 0 radical (unpaired) electrons. The van der Waals surface area contributed by atoms with E-state index in [0.29, 0.717) is 21.6 Å². The number of carbonyl (C=O) groups excluding carboxylic acids is 2.